The summed E-state index contributed by atoms with van der Waals surface area (Å²) in [5.41, 5.74) is 3.78. The molecule has 92 valence electrons. The summed E-state index contributed by atoms with van der Waals surface area (Å²) in [6.07, 6.45) is 1.00. The summed E-state index contributed by atoms with van der Waals surface area (Å²) in [5.74, 6) is 0.131. The molecule has 1 heterocycles. The van der Waals surface area contributed by atoms with E-state index in [-0.39, 0.29) is 11.9 Å². The molecule has 0 spiro atoms. The largest absolute Gasteiger partial charge is 0.374 e. The molecular weight excluding hydrogens is 212 g/mol. The molecule has 0 N–H and O–H groups in total. The van der Waals surface area contributed by atoms with E-state index < -0.39 is 0 Å². The summed E-state index contributed by atoms with van der Waals surface area (Å²) in [7, 11) is 4.00. The Morgan fingerprint density at radius 2 is 2.18 bits per heavy atom. The number of aryl methyl sites for hydroxylation is 1. The first-order chi connectivity index (χ1) is 8.00. The van der Waals surface area contributed by atoms with Gasteiger partial charge in [-0.2, -0.15) is 0 Å². The second-order valence-corrected chi connectivity index (χ2v) is 4.92. The second-order valence-electron chi connectivity index (χ2n) is 4.92. The zero-order chi connectivity index (χ0) is 12.6. The van der Waals surface area contributed by atoms with E-state index in [1.807, 2.05) is 11.9 Å². The first-order valence-electron chi connectivity index (χ1n) is 6.06. The smallest absolute Gasteiger partial charge is 0.219 e. The van der Waals surface area contributed by atoms with Crippen molar-refractivity contribution < 1.29 is 4.79 Å². The normalized spacial score (nSPS) is 18.8. The van der Waals surface area contributed by atoms with Crippen molar-refractivity contribution in [1.29, 1.82) is 0 Å². The maximum absolute atomic E-state index is 11.5. The van der Waals surface area contributed by atoms with E-state index in [9.17, 15) is 4.79 Å². The molecule has 0 radical (unpaired) electrons. The Labute approximate surface area is 103 Å². The maximum atomic E-state index is 11.5. The highest BCUT2D eigenvalue weighted by atomic mass is 16.2. The van der Waals surface area contributed by atoms with Crippen LogP contribution in [0.5, 0.6) is 0 Å². The molecule has 2 rings (SSSR count). The summed E-state index contributed by atoms with van der Waals surface area (Å²) in [5, 5.41) is 0. The van der Waals surface area contributed by atoms with Crippen LogP contribution in [0.1, 0.15) is 30.5 Å². The number of benzene rings is 1. The lowest BCUT2D eigenvalue weighted by atomic mass is 9.94. The summed E-state index contributed by atoms with van der Waals surface area (Å²) in [6, 6.07) is 6.71. The van der Waals surface area contributed by atoms with Crippen LogP contribution in [-0.2, 0) is 4.79 Å². The van der Waals surface area contributed by atoms with Gasteiger partial charge in [-0.3, -0.25) is 4.79 Å². The predicted molar refractivity (Wildman–Crippen MR) is 70.3 cm³/mol. The van der Waals surface area contributed by atoms with Crippen molar-refractivity contribution in [2.24, 2.45) is 0 Å². The molecule has 1 unspecified atom stereocenters. The highest BCUT2D eigenvalue weighted by Crippen LogP contribution is 2.36. The van der Waals surface area contributed by atoms with Crippen LogP contribution < -0.4 is 4.90 Å². The number of carbonyl (C=O) groups excluding carboxylic acids is 1. The van der Waals surface area contributed by atoms with Gasteiger partial charge in [0.05, 0.1) is 6.04 Å². The third kappa shape index (κ3) is 2.14. The van der Waals surface area contributed by atoms with Crippen molar-refractivity contribution in [3.63, 3.8) is 0 Å². The first-order valence-corrected chi connectivity index (χ1v) is 6.06. The summed E-state index contributed by atoms with van der Waals surface area (Å²) in [6.45, 7) is 4.73. The number of fused-ring (bicyclic) bond motifs is 1. The molecule has 0 aliphatic carbocycles. The number of carbonyl (C=O) groups is 1. The number of anilines is 1. The Morgan fingerprint density at radius 1 is 1.47 bits per heavy atom. The van der Waals surface area contributed by atoms with Crippen LogP contribution in [0.2, 0.25) is 0 Å². The molecule has 1 aliphatic heterocycles. The van der Waals surface area contributed by atoms with Crippen LogP contribution in [0.4, 0.5) is 5.69 Å². The van der Waals surface area contributed by atoms with Crippen molar-refractivity contribution in [2.45, 2.75) is 26.3 Å². The average molecular weight is 232 g/mol. The van der Waals surface area contributed by atoms with Gasteiger partial charge in [0, 0.05) is 33.3 Å². The van der Waals surface area contributed by atoms with Gasteiger partial charge in [-0.1, -0.05) is 17.7 Å². The van der Waals surface area contributed by atoms with Crippen LogP contribution in [0.3, 0.4) is 0 Å². The molecule has 17 heavy (non-hydrogen) atoms. The van der Waals surface area contributed by atoms with E-state index in [0.29, 0.717) is 0 Å². The van der Waals surface area contributed by atoms with Crippen LogP contribution >= 0.6 is 0 Å². The number of amides is 1. The van der Waals surface area contributed by atoms with E-state index in [1.165, 1.54) is 16.8 Å². The lowest BCUT2D eigenvalue weighted by molar-refractivity contribution is -0.129. The average Bonchev–Trinajstić information content (AvgIpc) is 2.28. The Balaban J connectivity index is 2.44. The fraction of sp³-hybridized carbons (Fsp3) is 0.500. The van der Waals surface area contributed by atoms with Crippen molar-refractivity contribution in [2.75, 3.05) is 25.5 Å². The molecule has 1 aromatic carbocycles. The Morgan fingerprint density at radius 3 is 2.82 bits per heavy atom. The third-order valence-electron chi connectivity index (χ3n) is 3.66. The number of hydrogen-bond acceptors (Lipinski definition) is 2. The van der Waals surface area contributed by atoms with Crippen LogP contribution in [0, 0.1) is 6.92 Å². The molecule has 3 nitrogen and oxygen atoms in total. The minimum Gasteiger partial charge on any atom is -0.374 e. The Hall–Kier alpha value is -1.51. The molecule has 0 bridgehead atoms. The van der Waals surface area contributed by atoms with E-state index in [0.717, 1.165) is 13.0 Å². The van der Waals surface area contributed by atoms with E-state index in [2.05, 4.69) is 37.1 Å². The third-order valence-corrected chi connectivity index (χ3v) is 3.66. The van der Waals surface area contributed by atoms with Gasteiger partial charge in [0.25, 0.3) is 0 Å². The van der Waals surface area contributed by atoms with Gasteiger partial charge in [-0.15, -0.1) is 0 Å². The SMILES string of the molecule is CC(=O)N(C)C1CCN(C)c2ccc(C)cc21. The van der Waals surface area contributed by atoms with Crippen molar-refractivity contribution in [3.8, 4) is 0 Å². The number of nitrogens with zero attached hydrogens (tertiary/aromatic N) is 2. The van der Waals surface area contributed by atoms with E-state index in [4.69, 9.17) is 0 Å². The Kier molecular flexibility index (Phi) is 3.09. The zero-order valence-corrected chi connectivity index (χ0v) is 11.0. The molecule has 1 aliphatic rings. The summed E-state index contributed by atoms with van der Waals surface area (Å²) in [4.78, 5) is 15.6. The molecule has 0 saturated carbocycles. The van der Waals surface area contributed by atoms with Crippen LogP contribution in [0.15, 0.2) is 18.2 Å². The monoisotopic (exact) mass is 232 g/mol. The molecule has 1 atom stereocenters. The molecule has 1 amide bonds. The van der Waals surface area contributed by atoms with Gasteiger partial charge in [0.2, 0.25) is 5.91 Å². The zero-order valence-electron chi connectivity index (χ0n) is 11.0. The molecule has 1 aromatic rings. The predicted octanol–water partition coefficient (Wildman–Crippen LogP) is 2.35. The Bertz CT molecular complexity index is 442. The van der Waals surface area contributed by atoms with Crippen LogP contribution in [-0.4, -0.2) is 31.4 Å². The highest BCUT2D eigenvalue weighted by molar-refractivity contribution is 5.74. The minimum absolute atomic E-state index is 0.131. The fourth-order valence-electron chi connectivity index (χ4n) is 2.50. The summed E-state index contributed by atoms with van der Waals surface area (Å²) >= 11 is 0. The summed E-state index contributed by atoms with van der Waals surface area (Å²) < 4.78 is 0. The van der Waals surface area contributed by atoms with Gasteiger partial charge in [0.15, 0.2) is 0 Å². The topological polar surface area (TPSA) is 23.6 Å². The quantitative estimate of drug-likeness (QED) is 0.742. The van der Waals surface area contributed by atoms with Gasteiger partial charge >= 0.3 is 0 Å². The van der Waals surface area contributed by atoms with Gasteiger partial charge in [-0.25, -0.2) is 0 Å². The molecule has 3 heteroatoms. The van der Waals surface area contributed by atoms with E-state index >= 15 is 0 Å². The van der Waals surface area contributed by atoms with Crippen molar-refractivity contribution >= 4 is 11.6 Å². The van der Waals surface area contributed by atoms with Gasteiger partial charge < -0.3 is 9.80 Å². The van der Waals surface area contributed by atoms with Gasteiger partial charge in [-0.05, 0) is 25.0 Å². The van der Waals surface area contributed by atoms with Crippen LogP contribution in [0.25, 0.3) is 0 Å². The fourth-order valence-corrected chi connectivity index (χ4v) is 2.50. The molecule has 0 fully saturated rings. The maximum Gasteiger partial charge on any atom is 0.219 e. The lowest BCUT2D eigenvalue weighted by Gasteiger charge is -2.37. The van der Waals surface area contributed by atoms with Crippen molar-refractivity contribution in [3.05, 3.63) is 29.3 Å². The lowest BCUT2D eigenvalue weighted by Crippen LogP contribution is -2.36. The minimum atomic E-state index is 0.131. The first kappa shape index (κ1) is 12.0. The second kappa shape index (κ2) is 4.40. The highest BCUT2D eigenvalue weighted by Gasteiger charge is 2.27. The van der Waals surface area contributed by atoms with E-state index in [1.54, 1.807) is 6.92 Å². The number of rotatable bonds is 1. The molecular formula is C14H20N2O. The van der Waals surface area contributed by atoms with Gasteiger partial charge in [0.1, 0.15) is 0 Å². The standard InChI is InChI=1S/C14H20N2O/c1-10-5-6-13-12(9-10)14(7-8-15(13)3)16(4)11(2)17/h5-6,9,14H,7-8H2,1-4H3. The number of hydrogen-bond donors (Lipinski definition) is 0. The molecule has 0 saturated heterocycles. The molecule has 0 aromatic heterocycles. The van der Waals surface area contributed by atoms with Crippen molar-refractivity contribution in [1.82, 2.24) is 4.90 Å².